The second-order valence-corrected chi connectivity index (χ2v) is 3.91. The van der Waals surface area contributed by atoms with Gasteiger partial charge in [-0.1, -0.05) is 23.7 Å². The van der Waals surface area contributed by atoms with Gasteiger partial charge in [-0.25, -0.2) is 4.39 Å². The Balaban J connectivity index is 2.48. The van der Waals surface area contributed by atoms with E-state index in [4.69, 9.17) is 11.6 Å². The van der Waals surface area contributed by atoms with E-state index in [1.807, 2.05) is 0 Å². The third-order valence-corrected chi connectivity index (χ3v) is 2.37. The van der Waals surface area contributed by atoms with E-state index in [0.717, 1.165) is 6.07 Å². The van der Waals surface area contributed by atoms with Crippen LogP contribution >= 0.6 is 11.6 Å². The number of halogens is 5. The van der Waals surface area contributed by atoms with E-state index in [9.17, 15) is 22.4 Å². The van der Waals surface area contributed by atoms with Gasteiger partial charge in [-0.2, -0.15) is 13.2 Å². The third kappa shape index (κ3) is 5.01. The fourth-order valence-electron chi connectivity index (χ4n) is 1.23. The molecule has 0 unspecified atom stereocenters. The van der Waals surface area contributed by atoms with Crippen molar-refractivity contribution >= 4 is 17.4 Å². The summed E-state index contributed by atoms with van der Waals surface area (Å²) in [5, 5.41) is -0.207. The second kappa shape index (κ2) is 6.15. The monoisotopic (exact) mass is 284 g/mol. The summed E-state index contributed by atoms with van der Waals surface area (Å²) >= 11 is 5.60. The van der Waals surface area contributed by atoms with Crippen LogP contribution in [-0.4, -0.2) is 25.2 Å². The summed E-state index contributed by atoms with van der Waals surface area (Å²) in [6.45, 7) is -2.18. The smallest absolute Gasteiger partial charge is 0.364 e. The quantitative estimate of drug-likeness (QED) is 0.776. The average molecular weight is 285 g/mol. The van der Waals surface area contributed by atoms with Crippen LogP contribution in [-0.2, 0) is 16.0 Å². The number of hydrogen-bond donors (Lipinski definition) is 0. The molecule has 0 fully saturated rings. The fraction of sp³-hybridized carbons (Fsp3) is 0.364. The van der Waals surface area contributed by atoms with Gasteiger partial charge in [-0.05, 0) is 11.6 Å². The molecule has 0 saturated heterocycles. The highest BCUT2D eigenvalue weighted by atomic mass is 35.5. The van der Waals surface area contributed by atoms with E-state index in [1.54, 1.807) is 0 Å². The van der Waals surface area contributed by atoms with E-state index >= 15 is 0 Å². The molecule has 100 valence electrons. The molecule has 2 nitrogen and oxygen atoms in total. The number of benzene rings is 1. The highest BCUT2D eigenvalue weighted by Crippen LogP contribution is 2.20. The van der Waals surface area contributed by atoms with Gasteiger partial charge < -0.3 is 4.74 Å². The van der Waals surface area contributed by atoms with Crippen LogP contribution in [0, 0.1) is 5.82 Å². The minimum Gasteiger partial charge on any atom is -0.364 e. The van der Waals surface area contributed by atoms with Crippen LogP contribution in [0.1, 0.15) is 5.56 Å². The van der Waals surface area contributed by atoms with Crippen molar-refractivity contribution in [2.75, 3.05) is 13.2 Å². The molecule has 1 rings (SSSR count). The maximum absolute atomic E-state index is 13.0. The molecule has 0 aliphatic carbocycles. The lowest BCUT2D eigenvalue weighted by molar-refractivity contribution is -0.175. The van der Waals surface area contributed by atoms with E-state index in [0.29, 0.717) is 0 Å². The number of hydrogen-bond acceptors (Lipinski definition) is 2. The van der Waals surface area contributed by atoms with E-state index in [-0.39, 0.29) is 17.0 Å². The molecule has 0 atom stereocenters. The first-order chi connectivity index (χ1) is 8.29. The summed E-state index contributed by atoms with van der Waals surface area (Å²) in [6, 6.07) is 3.91. The predicted molar refractivity (Wildman–Crippen MR) is 57.0 cm³/mol. The van der Waals surface area contributed by atoms with Gasteiger partial charge in [-0.3, -0.25) is 4.79 Å². The summed E-state index contributed by atoms with van der Waals surface area (Å²) < 4.78 is 52.4. The molecule has 0 N–H and O–H groups in total. The number of Topliss-reactive ketones (excluding diaryl/α,β-unsaturated/α-hetero) is 1. The minimum absolute atomic E-state index is 0.207. The number of alkyl halides is 3. The van der Waals surface area contributed by atoms with Crippen LogP contribution < -0.4 is 0 Å². The molecule has 0 aromatic heterocycles. The van der Waals surface area contributed by atoms with Gasteiger partial charge in [0.05, 0.1) is 5.02 Å². The van der Waals surface area contributed by atoms with Crippen LogP contribution in [0.5, 0.6) is 0 Å². The van der Waals surface area contributed by atoms with Crippen LogP contribution in [0.2, 0.25) is 5.02 Å². The molecule has 0 bridgehead atoms. The van der Waals surface area contributed by atoms with Crippen molar-refractivity contribution in [1.29, 1.82) is 0 Å². The van der Waals surface area contributed by atoms with Crippen LogP contribution in [0.4, 0.5) is 17.6 Å². The Morgan fingerprint density at radius 2 is 2.00 bits per heavy atom. The van der Waals surface area contributed by atoms with Crippen molar-refractivity contribution in [1.82, 2.24) is 0 Å². The highest BCUT2D eigenvalue weighted by Gasteiger charge is 2.27. The molecule has 7 heteroatoms. The Bertz CT molecular complexity index is 432. The van der Waals surface area contributed by atoms with Gasteiger partial charge >= 0.3 is 6.18 Å². The lowest BCUT2D eigenvalue weighted by Gasteiger charge is -2.07. The van der Waals surface area contributed by atoms with Gasteiger partial charge in [0, 0.05) is 6.42 Å². The van der Waals surface area contributed by atoms with Crippen LogP contribution in [0.15, 0.2) is 18.2 Å². The van der Waals surface area contributed by atoms with Crippen LogP contribution in [0.3, 0.4) is 0 Å². The number of rotatable bonds is 5. The first kappa shape index (κ1) is 14.9. The maximum Gasteiger partial charge on any atom is 0.411 e. The van der Waals surface area contributed by atoms with Gasteiger partial charge in [0.2, 0.25) is 0 Å². The van der Waals surface area contributed by atoms with Gasteiger partial charge in [-0.15, -0.1) is 0 Å². The third-order valence-electron chi connectivity index (χ3n) is 1.95. The molecule has 1 aromatic rings. The molecule has 0 radical (unpaired) electrons. The summed E-state index contributed by atoms with van der Waals surface area (Å²) in [4.78, 5) is 11.3. The summed E-state index contributed by atoms with van der Waals surface area (Å²) in [5.74, 6) is -1.29. The van der Waals surface area contributed by atoms with Crippen molar-refractivity contribution in [3.8, 4) is 0 Å². The molecular formula is C11H9ClF4O2. The molecule has 18 heavy (non-hydrogen) atoms. The zero-order valence-electron chi connectivity index (χ0n) is 9.06. The first-order valence-corrected chi connectivity index (χ1v) is 5.26. The number of carbonyl (C=O) groups is 1. The van der Waals surface area contributed by atoms with Crippen molar-refractivity contribution in [2.45, 2.75) is 12.6 Å². The van der Waals surface area contributed by atoms with E-state index in [1.165, 1.54) is 12.1 Å². The molecule has 0 amide bonds. The highest BCUT2D eigenvalue weighted by molar-refractivity contribution is 6.31. The van der Waals surface area contributed by atoms with Crippen molar-refractivity contribution < 1.29 is 27.1 Å². The predicted octanol–water partition coefficient (Wildman–Crippen LogP) is 3.17. The normalized spacial score (nSPS) is 11.6. The molecule has 0 aliphatic heterocycles. The van der Waals surface area contributed by atoms with Gasteiger partial charge in [0.25, 0.3) is 0 Å². The number of ether oxygens (including phenoxy) is 1. The zero-order chi connectivity index (χ0) is 13.8. The SMILES string of the molecule is O=C(COCC(F)(F)F)Cc1cccc(F)c1Cl. The van der Waals surface area contributed by atoms with Gasteiger partial charge in [0.15, 0.2) is 5.78 Å². The Kier molecular flexibility index (Phi) is 5.10. The maximum atomic E-state index is 13.0. The van der Waals surface area contributed by atoms with Crippen LogP contribution in [0.25, 0.3) is 0 Å². The molecule has 0 saturated carbocycles. The van der Waals surface area contributed by atoms with Gasteiger partial charge in [0.1, 0.15) is 19.0 Å². The molecular weight excluding hydrogens is 276 g/mol. The number of carbonyl (C=O) groups excluding carboxylic acids is 1. The largest absolute Gasteiger partial charge is 0.411 e. The van der Waals surface area contributed by atoms with E-state index < -0.39 is 31.0 Å². The second-order valence-electron chi connectivity index (χ2n) is 3.54. The summed E-state index contributed by atoms with van der Waals surface area (Å²) in [5.41, 5.74) is 0.220. The molecule has 0 heterocycles. The lowest BCUT2D eigenvalue weighted by Crippen LogP contribution is -2.21. The average Bonchev–Trinajstić information content (AvgIpc) is 2.23. The fourth-order valence-corrected chi connectivity index (χ4v) is 1.42. The molecule has 0 aliphatic rings. The first-order valence-electron chi connectivity index (χ1n) is 4.88. The Labute approximate surface area is 105 Å². The lowest BCUT2D eigenvalue weighted by atomic mass is 10.1. The van der Waals surface area contributed by atoms with E-state index in [2.05, 4.69) is 4.74 Å². The number of ketones is 1. The van der Waals surface area contributed by atoms with Crippen molar-refractivity contribution in [3.05, 3.63) is 34.6 Å². The zero-order valence-corrected chi connectivity index (χ0v) is 9.82. The Morgan fingerprint density at radius 1 is 1.33 bits per heavy atom. The standard InChI is InChI=1S/C11H9ClF4O2/c12-10-7(2-1-3-9(10)13)4-8(17)5-18-6-11(14,15)16/h1-3H,4-6H2. The summed E-state index contributed by atoms with van der Waals surface area (Å²) in [7, 11) is 0. The Hall–Kier alpha value is -1.14. The van der Waals surface area contributed by atoms with Crippen molar-refractivity contribution in [3.63, 3.8) is 0 Å². The van der Waals surface area contributed by atoms with Crippen molar-refractivity contribution in [2.24, 2.45) is 0 Å². The minimum atomic E-state index is -4.48. The molecule has 1 aromatic carbocycles. The topological polar surface area (TPSA) is 26.3 Å². The summed E-state index contributed by atoms with van der Waals surface area (Å²) in [6.07, 6.45) is -4.74. The molecule has 0 spiro atoms. The Morgan fingerprint density at radius 3 is 2.61 bits per heavy atom.